The van der Waals surface area contributed by atoms with Crippen LogP contribution in [0.1, 0.15) is 19.3 Å². The number of rotatable bonds is 7. The van der Waals surface area contributed by atoms with Gasteiger partial charge in [-0.2, -0.15) is 0 Å². The second kappa shape index (κ2) is 7.86. The maximum atomic E-state index is 10.2. The van der Waals surface area contributed by atoms with Crippen molar-refractivity contribution < 1.29 is 24.9 Å². The Balaban J connectivity index is 3.46. The van der Waals surface area contributed by atoms with Crippen LogP contribution in [0.3, 0.4) is 0 Å². The number of unbranched alkanes of at least 4 members (excludes halogenated alkanes) is 1. The van der Waals surface area contributed by atoms with E-state index in [0.29, 0.717) is 25.8 Å². The van der Waals surface area contributed by atoms with Crippen LogP contribution in [-0.2, 0) is 0 Å². The highest BCUT2D eigenvalue weighted by molar-refractivity contribution is 5.64. The van der Waals surface area contributed by atoms with Crippen molar-refractivity contribution in [3.05, 3.63) is 0 Å². The van der Waals surface area contributed by atoms with Crippen LogP contribution in [0.15, 0.2) is 0 Å². The van der Waals surface area contributed by atoms with Crippen LogP contribution in [0.25, 0.3) is 0 Å². The lowest BCUT2D eigenvalue weighted by Gasteiger charge is -2.13. The quantitative estimate of drug-likeness (QED) is 0.388. The Morgan fingerprint density at radius 3 is 2.27 bits per heavy atom. The van der Waals surface area contributed by atoms with Crippen LogP contribution in [-0.4, -0.2) is 46.7 Å². The molecule has 0 saturated carbocycles. The molecule has 2 amide bonds. The molecule has 0 aliphatic rings. The van der Waals surface area contributed by atoms with Gasteiger partial charge in [-0.25, -0.2) is 9.59 Å². The second-order valence-electron chi connectivity index (χ2n) is 3.06. The molecule has 0 aromatic carbocycles. The Labute approximate surface area is 87.1 Å². The maximum absolute atomic E-state index is 10.2. The van der Waals surface area contributed by atoms with Gasteiger partial charge < -0.3 is 26.0 Å². The highest BCUT2D eigenvalue weighted by Crippen LogP contribution is 1.99. The van der Waals surface area contributed by atoms with Crippen molar-refractivity contribution in [2.45, 2.75) is 25.3 Å². The molecule has 0 radical (unpaired) electrons. The predicted octanol–water partition coefficient (Wildman–Crippen LogP) is 0.0528. The Kier molecular flexibility index (Phi) is 7.08. The molecule has 0 spiro atoms. The molecule has 0 aromatic heterocycles. The summed E-state index contributed by atoms with van der Waals surface area (Å²) in [5, 5.41) is 29.8. The maximum Gasteiger partial charge on any atom is 0.404 e. The van der Waals surface area contributed by atoms with Crippen molar-refractivity contribution in [3.63, 3.8) is 0 Å². The van der Waals surface area contributed by atoms with Gasteiger partial charge in [0.2, 0.25) is 0 Å². The van der Waals surface area contributed by atoms with Gasteiger partial charge in [0.05, 0.1) is 12.6 Å². The van der Waals surface area contributed by atoms with Gasteiger partial charge in [0, 0.05) is 6.54 Å². The molecule has 7 nitrogen and oxygen atoms in total. The molecular weight excluding hydrogens is 204 g/mol. The van der Waals surface area contributed by atoms with Crippen molar-refractivity contribution in [2.24, 2.45) is 0 Å². The largest absolute Gasteiger partial charge is 0.465 e. The van der Waals surface area contributed by atoms with Gasteiger partial charge in [-0.05, 0) is 19.3 Å². The molecule has 88 valence electrons. The second-order valence-corrected chi connectivity index (χ2v) is 3.06. The van der Waals surface area contributed by atoms with Gasteiger partial charge in [0.1, 0.15) is 0 Å². The van der Waals surface area contributed by atoms with E-state index in [-0.39, 0.29) is 6.61 Å². The zero-order valence-corrected chi connectivity index (χ0v) is 8.27. The number of aliphatic hydroxyl groups is 1. The van der Waals surface area contributed by atoms with Gasteiger partial charge in [0.15, 0.2) is 0 Å². The van der Waals surface area contributed by atoms with E-state index in [9.17, 15) is 9.59 Å². The molecule has 0 heterocycles. The first-order valence-electron chi connectivity index (χ1n) is 4.63. The summed E-state index contributed by atoms with van der Waals surface area (Å²) in [4.78, 5) is 20.3. The lowest BCUT2D eigenvalue weighted by molar-refractivity contribution is 0.174. The number of aliphatic hydroxyl groups excluding tert-OH is 1. The number of hydrogen-bond donors (Lipinski definition) is 5. The van der Waals surface area contributed by atoms with Crippen molar-refractivity contribution in [2.75, 3.05) is 13.2 Å². The Morgan fingerprint density at radius 2 is 1.80 bits per heavy atom. The molecule has 0 aromatic rings. The van der Waals surface area contributed by atoms with Crippen LogP contribution >= 0.6 is 0 Å². The van der Waals surface area contributed by atoms with Crippen molar-refractivity contribution >= 4 is 12.2 Å². The lowest BCUT2D eigenvalue weighted by atomic mass is 10.1. The summed E-state index contributed by atoms with van der Waals surface area (Å²) < 4.78 is 0. The van der Waals surface area contributed by atoms with Crippen LogP contribution < -0.4 is 10.6 Å². The third-order valence-corrected chi connectivity index (χ3v) is 1.80. The van der Waals surface area contributed by atoms with Gasteiger partial charge in [0.25, 0.3) is 0 Å². The third kappa shape index (κ3) is 8.82. The first kappa shape index (κ1) is 13.5. The molecule has 7 heteroatoms. The summed E-state index contributed by atoms with van der Waals surface area (Å²) >= 11 is 0. The molecule has 15 heavy (non-hydrogen) atoms. The topological polar surface area (TPSA) is 119 Å². The van der Waals surface area contributed by atoms with Crippen LogP contribution in [0.5, 0.6) is 0 Å². The summed E-state index contributed by atoms with van der Waals surface area (Å²) in [5.74, 6) is 0. The fraction of sp³-hybridized carbons (Fsp3) is 0.750. The fourth-order valence-electron chi connectivity index (χ4n) is 1.09. The van der Waals surface area contributed by atoms with Gasteiger partial charge in [-0.1, -0.05) is 0 Å². The van der Waals surface area contributed by atoms with E-state index in [1.54, 1.807) is 0 Å². The van der Waals surface area contributed by atoms with E-state index < -0.39 is 18.2 Å². The van der Waals surface area contributed by atoms with Crippen molar-refractivity contribution in [1.82, 2.24) is 10.6 Å². The van der Waals surface area contributed by atoms with Crippen molar-refractivity contribution in [1.29, 1.82) is 0 Å². The highest BCUT2D eigenvalue weighted by atomic mass is 16.4. The standard InChI is InChI=1S/C8H16N2O5/c11-5-6(10-8(14)15)3-1-2-4-9-7(12)13/h6,9-11H,1-5H2,(H,12,13)(H,14,15). The molecule has 1 unspecified atom stereocenters. The predicted molar refractivity (Wildman–Crippen MR) is 51.9 cm³/mol. The molecule has 1 atom stereocenters. The van der Waals surface area contributed by atoms with Crippen LogP contribution in [0, 0.1) is 0 Å². The van der Waals surface area contributed by atoms with Crippen molar-refractivity contribution in [3.8, 4) is 0 Å². The fourth-order valence-corrected chi connectivity index (χ4v) is 1.09. The monoisotopic (exact) mass is 220 g/mol. The molecule has 5 N–H and O–H groups in total. The number of carbonyl (C=O) groups is 2. The first-order chi connectivity index (χ1) is 7.06. The number of amides is 2. The number of hydrogen-bond acceptors (Lipinski definition) is 3. The average Bonchev–Trinajstić information content (AvgIpc) is 2.14. The normalized spacial score (nSPS) is 11.8. The zero-order chi connectivity index (χ0) is 11.7. The van der Waals surface area contributed by atoms with Crippen LogP contribution in [0.4, 0.5) is 9.59 Å². The lowest BCUT2D eigenvalue weighted by Crippen LogP contribution is -2.36. The highest BCUT2D eigenvalue weighted by Gasteiger charge is 2.09. The van der Waals surface area contributed by atoms with Crippen LogP contribution in [0.2, 0.25) is 0 Å². The minimum absolute atomic E-state index is 0.251. The van der Waals surface area contributed by atoms with Gasteiger partial charge in [-0.3, -0.25) is 0 Å². The summed E-state index contributed by atoms with van der Waals surface area (Å²) in [6.45, 7) is 0.0826. The van der Waals surface area contributed by atoms with Gasteiger partial charge >= 0.3 is 12.2 Å². The third-order valence-electron chi connectivity index (χ3n) is 1.80. The Bertz CT molecular complexity index is 209. The number of carboxylic acid groups (broad SMARTS) is 2. The Hall–Kier alpha value is -1.50. The minimum atomic E-state index is -1.17. The van der Waals surface area contributed by atoms with E-state index in [1.165, 1.54) is 0 Å². The summed E-state index contributed by atoms with van der Waals surface area (Å²) in [5.41, 5.74) is 0. The molecular formula is C8H16N2O5. The zero-order valence-electron chi connectivity index (χ0n) is 8.27. The van der Waals surface area contributed by atoms with E-state index in [4.69, 9.17) is 15.3 Å². The molecule has 0 rings (SSSR count). The molecule has 0 saturated heterocycles. The summed E-state index contributed by atoms with van der Waals surface area (Å²) in [6.07, 6.45) is -0.491. The molecule has 0 aliphatic heterocycles. The Morgan fingerprint density at radius 1 is 1.13 bits per heavy atom. The van der Waals surface area contributed by atoms with E-state index in [1.807, 2.05) is 0 Å². The SMILES string of the molecule is O=C(O)NCCCCC(CO)NC(=O)O. The van der Waals surface area contributed by atoms with E-state index in [2.05, 4.69) is 10.6 Å². The summed E-state index contributed by atoms with van der Waals surface area (Å²) in [7, 11) is 0. The average molecular weight is 220 g/mol. The smallest absolute Gasteiger partial charge is 0.404 e. The van der Waals surface area contributed by atoms with E-state index >= 15 is 0 Å². The number of nitrogens with one attached hydrogen (secondary N) is 2. The van der Waals surface area contributed by atoms with E-state index in [0.717, 1.165) is 0 Å². The molecule has 0 aliphatic carbocycles. The molecule has 0 bridgehead atoms. The molecule has 0 fully saturated rings. The van der Waals surface area contributed by atoms with Gasteiger partial charge in [-0.15, -0.1) is 0 Å². The first-order valence-corrected chi connectivity index (χ1v) is 4.63. The summed E-state index contributed by atoms with van der Waals surface area (Å²) in [6, 6.07) is -0.479. The minimum Gasteiger partial charge on any atom is -0.465 e.